The molecule has 0 fully saturated rings. The van der Waals surface area contributed by atoms with Crippen molar-refractivity contribution in [1.82, 2.24) is 20.9 Å². The van der Waals surface area contributed by atoms with E-state index in [4.69, 9.17) is 0 Å². The number of carbonyl (C=O) groups excluding carboxylic acids is 3. The number of hydrogen-bond acceptors (Lipinski definition) is 6. The summed E-state index contributed by atoms with van der Waals surface area (Å²) in [5.41, 5.74) is 2.36. The van der Waals surface area contributed by atoms with Gasteiger partial charge < -0.3 is 26.0 Å². The Morgan fingerprint density at radius 2 is 1.69 bits per heavy atom. The van der Waals surface area contributed by atoms with Gasteiger partial charge in [0, 0.05) is 17.8 Å². The van der Waals surface area contributed by atoms with Gasteiger partial charge in [-0.25, -0.2) is 4.98 Å². The number of rotatable bonds is 13. The van der Waals surface area contributed by atoms with Gasteiger partial charge in [0.1, 0.15) is 11.7 Å². The van der Waals surface area contributed by atoms with Crippen LogP contribution < -0.4 is 16.0 Å². The topological polar surface area (TPSA) is 141 Å². The molecule has 5 N–H and O–H groups in total. The number of benzene rings is 1. The third-order valence-corrected chi connectivity index (χ3v) is 5.64. The van der Waals surface area contributed by atoms with E-state index in [1.54, 1.807) is 36.4 Å². The maximum atomic E-state index is 13.1. The van der Waals surface area contributed by atoms with Crippen LogP contribution in [0.2, 0.25) is 0 Å². The highest BCUT2D eigenvalue weighted by Gasteiger charge is 2.30. The summed E-state index contributed by atoms with van der Waals surface area (Å²) in [6.07, 6.45) is 2.99. The van der Waals surface area contributed by atoms with Gasteiger partial charge in [-0.2, -0.15) is 0 Å². The molecular weight excluding hydrogens is 459 g/mol. The minimum atomic E-state index is -1.77. The molecule has 1 aromatic carbocycles. The summed E-state index contributed by atoms with van der Waals surface area (Å²) in [7, 11) is -1.77. The molecule has 0 saturated heterocycles. The largest absolute Gasteiger partial charge is 0.475 e. The minimum absolute atomic E-state index is 0.0847. The Kier molecular flexibility index (Phi) is 11.6. The van der Waals surface area contributed by atoms with Crippen molar-refractivity contribution >= 4 is 24.8 Å². The molecule has 0 bridgehead atoms. The van der Waals surface area contributed by atoms with Crippen molar-refractivity contribution in [1.29, 1.82) is 0 Å². The Hall–Kier alpha value is -3.24. The summed E-state index contributed by atoms with van der Waals surface area (Å²) < 4.78 is 0. The van der Waals surface area contributed by atoms with Gasteiger partial charge in [0.15, 0.2) is 0 Å². The van der Waals surface area contributed by atoms with Crippen molar-refractivity contribution < 1.29 is 24.4 Å². The van der Waals surface area contributed by atoms with Gasteiger partial charge in [-0.15, -0.1) is 0 Å². The zero-order valence-electron chi connectivity index (χ0n) is 21.5. The molecule has 10 heteroatoms. The standard InChI is InChI=1S/C26H37BN4O5/c1-5-6-8-20-9-7-10-21(29-20)25(33)30-22(26(34)31-23(27(35)36)15-17(2)3)16-28-24(32)19-13-11-18(4)12-14-19/h7,9-14,17,22-23,35-36H,5-6,8,15-16H2,1-4H3,(H,28,32)(H,30,33)(H,31,34)/t22-,23-/m0/s1. The van der Waals surface area contributed by atoms with E-state index in [9.17, 15) is 24.4 Å². The van der Waals surface area contributed by atoms with Gasteiger partial charge >= 0.3 is 7.12 Å². The molecule has 2 atom stereocenters. The average Bonchev–Trinajstić information content (AvgIpc) is 2.84. The summed E-state index contributed by atoms with van der Waals surface area (Å²) in [6, 6.07) is 10.9. The van der Waals surface area contributed by atoms with Crippen molar-refractivity contribution in [3.05, 3.63) is 65.0 Å². The molecule has 1 heterocycles. The molecule has 0 unspecified atom stereocenters. The molecule has 36 heavy (non-hydrogen) atoms. The molecule has 0 radical (unpaired) electrons. The highest BCUT2D eigenvalue weighted by Crippen LogP contribution is 2.08. The van der Waals surface area contributed by atoms with E-state index in [1.165, 1.54) is 0 Å². The second kappa shape index (κ2) is 14.4. The van der Waals surface area contributed by atoms with Gasteiger partial charge in [-0.3, -0.25) is 14.4 Å². The lowest BCUT2D eigenvalue weighted by Crippen LogP contribution is -2.57. The van der Waals surface area contributed by atoms with Gasteiger partial charge in [0.05, 0.1) is 5.94 Å². The fourth-order valence-corrected chi connectivity index (χ4v) is 3.59. The first-order valence-corrected chi connectivity index (χ1v) is 12.4. The first kappa shape index (κ1) is 29.0. The lowest BCUT2D eigenvalue weighted by atomic mass is 9.75. The van der Waals surface area contributed by atoms with Crippen LogP contribution in [-0.2, 0) is 11.2 Å². The Morgan fingerprint density at radius 3 is 2.31 bits per heavy atom. The molecule has 3 amide bonds. The molecule has 0 aliphatic heterocycles. The summed E-state index contributed by atoms with van der Waals surface area (Å²) in [5.74, 6) is -2.46. The summed E-state index contributed by atoms with van der Waals surface area (Å²) >= 11 is 0. The molecule has 1 aromatic heterocycles. The second-order valence-electron chi connectivity index (χ2n) is 9.38. The minimum Gasteiger partial charge on any atom is -0.426 e. The Bertz CT molecular complexity index is 1010. The van der Waals surface area contributed by atoms with Crippen molar-refractivity contribution in [3.8, 4) is 0 Å². The van der Waals surface area contributed by atoms with E-state index in [0.29, 0.717) is 12.0 Å². The number of amides is 3. The van der Waals surface area contributed by atoms with E-state index in [-0.39, 0.29) is 18.2 Å². The molecule has 2 aromatic rings. The van der Waals surface area contributed by atoms with Crippen LogP contribution in [0.1, 0.15) is 72.1 Å². The Morgan fingerprint density at radius 1 is 1.00 bits per heavy atom. The first-order valence-electron chi connectivity index (χ1n) is 12.4. The number of carbonyl (C=O) groups is 3. The smallest absolute Gasteiger partial charge is 0.426 e. The maximum Gasteiger partial charge on any atom is 0.475 e. The number of aryl methyl sites for hydroxylation is 2. The second-order valence-corrected chi connectivity index (χ2v) is 9.38. The molecule has 0 aliphatic rings. The van der Waals surface area contributed by atoms with Crippen molar-refractivity contribution in [2.24, 2.45) is 5.92 Å². The van der Waals surface area contributed by atoms with Gasteiger partial charge in [-0.1, -0.05) is 51.0 Å². The molecular formula is C26H37BN4O5. The molecule has 2 rings (SSSR count). The Balaban J connectivity index is 2.18. The molecule has 194 valence electrons. The Labute approximate surface area is 213 Å². The van der Waals surface area contributed by atoms with Crippen LogP contribution in [0.15, 0.2) is 42.5 Å². The van der Waals surface area contributed by atoms with Crippen molar-refractivity contribution in [2.45, 2.75) is 65.4 Å². The first-order chi connectivity index (χ1) is 17.1. The quantitative estimate of drug-likeness (QED) is 0.268. The number of hydrogen-bond donors (Lipinski definition) is 5. The fourth-order valence-electron chi connectivity index (χ4n) is 3.59. The van der Waals surface area contributed by atoms with E-state index in [1.807, 2.05) is 26.8 Å². The van der Waals surface area contributed by atoms with E-state index < -0.39 is 36.8 Å². The normalized spacial score (nSPS) is 12.5. The van der Waals surface area contributed by atoms with Crippen molar-refractivity contribution in [2.75, 3.05) is 6.54 Å². The van der Waals surface area contributed by atoms with E-state index in [0.717, 1.165) is 30.5 Å². The highest BCUT2D eigenvalue weighted by atomic mass is 16.4. The monoisotopic (exact) mass is 496 g/mol. The SMILES string of the molecule is CCCCc1cccc(C(=O)N[C@@H](CNC(=O)c2ccc(C)cc2)C(=O)N[C@@H](CC(C)C)B(O)O)n1. The highest BCUT2D eigenvalue weighted by molar-refractivity contribution is 6.43. The number of aromatic nitrogens is 1. The third-order valence-electron chi connectivity index (χ3n) is 5.64. The fraction of sp³-hybridized carbons (Fsp3) is 0.462. The van der Waals surface area contributed by atoms with Crippen LogP contribution in [0.4, 0.5) is 0 Å². The number of nitrogens with zero attached hydrogens (tertiary/aromatic N) is 1. The van der Waals surface area contributed by atoms with Gasteiger partial charge in [0.2, 0.25) is 5.91 Å². The summed E-state index contributed by atoms with van der Waals surface area (Å²) in [6.45, 7) is 7.56. The number of unbranched alkanes of at least 4 members (excludes halogenated alkanes) is 1. The van der Waals surface area contributed by atoms with Crippen LogP contribution in [0.5, 0.6) is 0 Å². The van der Waals surface area contributed by atoms with E-state index in [2.05, 4.69) is 27.9 Å². The lowest BCUT2D eigenvalue weighted by molar-refractivity contribution is -0.123. The predicted octanol–water partition coefficient (Wildman–Crippen LogP) is 1.80. The zero-order valence-corrected chi connectivity index (χ0v) is 21.5. The zero-order chi connectivity index (χ0) is 26.7. The molecule has 0 aliphatic carbocycles. The van der Waals surface area contributed by atoms with Crippen LogP contribution in [-0.4, -0.2) is 58.4 Å². The maximum absolute atomic E-state index is 13.1. The molecule has 9 nitrogen and oxygen atoms in total. The average molecular weight is 496 g/mol. The lowest BCUT2D eigenvalue weighted by Gasteiger charge is -2.24. The number of nitrogens with one attached hydrogen (secondary N) is 3. The third kappa shape index (κ3) is 9.43. The van der Waals surface area contributed by atoms with Crippen LogP contribution in [0, 0.1) is 12.8 Å². The molecule has 0 saturated carbocycles. The summed E-state index contributed by atoms with van der Waals surface area (Å²) in [5, 5.41) is 27.3. The van der Waals surface area contributed by atoms with Gasteiger partial charge in [0.25, 0.3) is 11.8 Å². The van der Waals surface area contributed by atoms with Crippen LogP contribution >= 0.6 is 0 Å². The summed E-state index contributed by atoms with van der Waals surface area (Å²) in [4.78, 5) is 43.1. The van der Waals surface area contributed by atoms with Gasteiger partial charge in [-0.05, 0) is 56.4 Å². The van der Waals surface area contributed by atoms with E-state index >= 15 is 0 Å². The van der Waals surface area contributed by atoms with Crippen LogP contribution in [0.3, 0.4) is 0 Å². The number of pyridine rings is 1. The van der Waals surface area contributed by atoms with Crippen LogP contribution in [0.25, 0.3) is 0 Å². The molecule has 0 spiro atoms. The predicted molar refractivity (Wildman–Crippen MR) is 139 cm³/mol. The van der Waals surface area contributed by atoms with Crippen molar-refractivity contribution in [3.63, 3.8) is 0 Å².